The second kappa shape index (κ2) is 7.40. The van der Waals surface area contributed by atoms with Gasteiger partial charge in [-0.3, -0.25) is 0 Å². The third-order valence-corrected chi connectivity index (χ3v) is 5.95. The summed E-state index contributed by atoms with van der Waals surface area (Å²) in [4.78, 5) is 0. The van der Waals surface area contributed by atoms with Gasteiger partial charge in [-0.05, 0) is 52.7 Å². The van der Waals surface area contributed by atoms with Crippen molar-refractivity contribution in [2.45, 2.75) is 73.1 Å². The Balaban J connectivity index is 3.00. The number of rotatable bonds is 6. The average Bonchev–Trinajstić information content (AvgIpc) is 2.52. The molecule has 0 unspecified atom stereocenters. The summed E-state index contributed by atoms with van der Waals surface area (Å²) in [7, 11) is 0. The molecule has 0 aliphatic rings. The third kappa shape index (κ3) is 3.43. The number of phenolic OH excluding ortho intramolecular Hbond substituents is 1. The normalized spacial score (nSPS) is 13.0. The molecule has 2 aromatic carbocycles. The zero-order valence-electron chi connectivity index (χ0n) is 17.4. The Labute approximate surface area is 154 Å². The first kappa shape index (κ1) is 19.8. The van der Waals surface area contributed by atoms with E-state index in [2.05, 4.69) is 73.6 Å². The minimum atomic E-state index is 0.0983. The van der Waals surface area contributed by atoms with Crippen LogP contribution in [0.5, 0.6) is 5.75 Å². The maximum Gasteiger partial charge on any atom is 0.123 e. The van der Waals surface area contributed by atoms with E-state index in [1.165, 1.54) is 16.5 Å². The van der Waals surface area contributed by atoms with Gasteiger partial charge < -0.3 is 5.11 Å². The lowest BCUT2D eigenvalue weighted by Gasteiger charge is -2.46. The van der Waals surface area contributed by atoms with Crippen LogP contribution in [0.2, 0.25) is 0 Å². The van der Waals surface area contributed by atoms with Crippen LogP contribution in [0.1, 0.15) is 78.9 Å². The first-order valence-electron chi connectivity index (χ1n) is 9.87. The van der Waals surface area contributed by atoms with Crippen molar-refractivity contribution in [1.82, 2.24) is 0 Å². The van der Waals surface area contributed by atoms with E-state index >= 15 is 0 Å². The molecular weight excluding hydrogens is 304 g/mol. The molecule has 0 amide bonds. The largest absolute Gasteiger partial charge is 0.507 e. The Bertz CT molecular complexity index is 714. The molecule has 0 spiro atoms. The highest BCUT2D eigenvalue weighted by molar-refractivity contribution is 5.93. The van der Waals surface area contributed by atoms with Gasteiger partial charge in [0.25, 0.3) is 0 Å². The van der Waals surface area contributed by atoms with Gasteiger partial charge >= 0.3 is 0 Å². The number of benzene rings is 2. The molecule has 1 heteroatoms. The Hall–Kier alpha value is -1.50. The van der Waals surface area contributed by atoms with Crippen molar-refractivity contribution in [3.8, 4) is 5.75 Å². The summed E-state index contributed by atoms with van der Waals surface area (Å²) in [5.74, 6) is 2.47. The molecule has 0 saturated carbocycles. The number of aromatic hydroxyl groups is 1. The lowest BCUT2D eigenvalue weighted by atomic mass is 9.58. The maximum absolute atomic E-state index is 10.7. The maximum atomic E-state index is 10.7. The SMILES string of the molecule is CC(C)CC(c1c(C(C)C)cc(O)c2ccccc12)(C(C)C)C(C)C. The third-order valence-electron chi connectivity index (χ3n) is 5.95. The molecular formula is C24H36O. The van der Waals surface area contributed by atoms with Gasteiger partial charge in [0.1, 0.15) is 5.75 Å². The summed E-state index contributed by atoms with van der Waals surface area (Å²) in [6.45, 7) is 18.6. The Morgan fingerprint density at radius 1 is 0.840 bits per heavy atom. The highest BCUT2D eigenvalue weighted by atomic mass is 16.3. The molecule has 0 atom stereocenters. The second-order valence-electron chi connectivity index (χ2n) is 9.01. The van der Waals surface area contributed by atoms with Crippen LogP contribution in [0.4, 0.5) is 0 Å². The van der Waals surface area contributed by atoms with Crippen molar-refractivity contribution in [1.29, 1.82) is 0 Å². The summed E-state index contributed by atoms with van der Waals surface area (Å²) in [6.07, 6.45) is 1.16. The smallest absolute Gasteiger partial charge is 0.123 e. The minimum absolute atomic E-state index is 0.0983. The summed E-state index contributed by atoms with van der Waals surface area (Å²) in [5, 5.41) is 12.9. The topological polar surface area (TPSA) is 20.2 Å². The second-order valence-corrected chi connectivity index (χ2v) is 9.01. The zero-order chi connectivity index (χ0) is 18.9. The molecule has 138 valence electrons. The number of hydrogen-bond donors (Lipinski definition) is 1. The van der Waals surface area contributed by atoms with Crippen molar-refractivity contribution >= 4 is 10.8 Å². The van der Waals surface area contributed by atoms with E-state index in [0.717, 1.165) is 11.8 Å². The molecule has 0 heterocycles. The van der Waals surface area contributed by atoms with Crippen LogP contribution in [-0.4, -0.2) is 5.11 Å². The van der Waals surface area contributed by atoms with Crippen LogP contribution >= 0.6 is 0 Å². The van der Waals surface area contributed by atoms with Gasteiger partial charge in [0.15, 0.2) is 0 Å². The fourth-order valence-electron chi connectivity index (χ4n) is 4.85. The molecule has 2 rings (SSSR count). The quantitative estimate of drug-likeness (QED) is 0.586. The van der Waals surface area contributed by atoms with Crippen LogP contribution in [0, 0.1) is 17.8 Å². The summed E-state index contributed by atoms with van der Waals surface area (Å²) in [6, 6.07) is 10.4. The Kier molecular flexibility index (Phi) is 5.86. The predicted octanol–water partition coefficient (Wildman–Crippen LogP) is 7.26. The first-order valence-corrected chi connectivity index (χ1v) is 9.87. The van der Waals surface area contributed by atoms with Crippen molar-refractivity contribution < 1.29 is 5.11 Å². The van der Waals surface area contributed by atoms with Crippen molar-refractivity contribution in [3.63, 3.8) is 0 Å². The monoisotopic (exact) mass is 340 g/mol. The molecule has 25 heavy (non-hydrogen) atoms. The lowest BCUT2D eigenvalue weighted by molar-refractivity contribution is 0.178. The summed E-state index contributed by atoms with van der Waals surface area (Å²) >= 11 is 0. The van der Waals surface area contributed by atoms with Gasteiger partial charge in [-0.25, -0.2) is 0 Å². The molecule has 0 saturated heterocycles. The van der Waals surface area contributed by atoms with Crippen LogP contribution in [0.25, 0.3) is 10.8 Å². The van der Waals surface area contributed by atoms with Crippen LogP contribution in [0.3, 0.4) is 0 Å². The van der Waals surface area contributed by atoms with E-state index in [0.29, 0.717) is 29.4 Å². The molecule has 0 bridgehead atoms. The lowest BCUT2D eigenvalue weighted by Crippen LogP contribution is -2.40. The van der Waals surface area contributed by atoms with Gasteiger partial charge in [0, 0.05) is 10.8 Å². The Morgan fingerprint density at radius 2 is 1.36 bits per heavy atom. The average molecular weight is 341 g/mol. The van der Waals surface area contributed by atoms with E-state index in [-0.39, 0.29) is 5.41 Å². The first-order chi connectivity index (χ1) is 11.6. The number of phenols is 1. The summed E-state index contributed by atoms with van der Waals surface area (Å²) < 4.78 is 0. The van der Waals surface area contributed by atoms with Gasteiger partial charge in [0.2, 0.25) is 0 Å². The molecule has 1 N–H and O–H groups in total. The highest BCUT2D eigenvalue weighted by Gasteiger charge is 2.42. The van der Waals surface area contributed by atoms with Crippen molar-refractivity contribution in [3.05, 3.63) is 41.5 Å². The van der Waals surface area contributed by atoms with Crippen LogP contribution in [-0.2, 0) is 5.41 Å². The van der Waals surface area contributed by atoms with Crippen molar-refractivity contribution in [2.75, 3.05) is 0 Å². The van der Waals surface area contributed by atoms with E-state index in [9.17, 15) is 5.11 Å². The number of fused-ring (bicyclic) bond motifs is 1. The van der Waals surface area contributed by atoms with Crippen LogP contribution < -0.4 is 0 Å². The van der Waals surface area contributed by atoms with E-state index in [1.54, 1.807) is 0 Å². The Morgan fingerprint density at radius 3 is 1.80 bits per heavy atom. The van der Waals surface area contributed by atoms with Gasteiger partial charge in [-0.1, -0.05) is 79.7 Å². The predicted molar refractivity (Wildman–Crippen MR) is 111 cm³/mol. The molecule has 0 radical (unpaired) electrons. The molecule has 0 aromatic heterocycles. The molecule has 0 aliphatic heterocycles. The van der Waals surface area contributed by atoms with Gasteiger partial charge in [-0.2, -0.15) is 0 Å². The summed E-state index contributed by atoms with van der Waals surface area (Å²) in [5.41, 5.74) is 2.87. The van der Waals surface area contributed by atoms with E-state index in [1.807, 2.05) is 12.1 Å². The van der Waals surface area contributed by atoms with Crippen LogP contribution in [0.15, 0.2) is 30.3 Å². The fourth-order valence-corrected chi connectivity index (χ4v) is 4.85. The van der Waals surface area contributed by atoms with Crippen molar-refractivity contribution in [2.24, 2.45) is 17.8 Å². The minimum Gasteiger partial charge on any atom is -0.507 e. The van der Waals surface area contributed by atoms with E-state index < -0.39 is 0 Å². The molecule has 0 fully saturated rings. The number of hydrogen-bond acceptors (Lipinski definition) is 1. The fraction of sp³-hybridized carbons (Fsp3) is 0.583. The van der Waals surface area contributed by atoms with E-state index in [4.69, 9.17) is 0 Å². The standard InChI is InChI=1S/C24H36O/c1-15(2)14-24(17(5)6,18(7)8)23-20-12-10-9-11-19(20)22(25)13-21(23)16(3)4/h9-13,15-18,25H,14H2,1-8H3. The highest BCUT2D eigenvalue weighted by Crippen LogP contribution is 2.50. The zero-order valence-corrected chi connectivity index (χ0v) is 17.4. The molecule has 0 aliphatic carbocycles. The van der Waals surface area contributed by atoms with Gasteiger partial charge in [-0.15, -0.1) is 0 Å². The molecule has 1 nitrogen and oxygen atoms in total. The van der Waals surface area contributed by atoms with Gasteiger partial charge in [0.05, 0.1) is 0 Å². The molecule has 2 aromatic rings.